The molecule has 0 heterocycles. The summed E-state index contributed by atoms with van der Waals surface area (Å²) in [5, 5.41) is 3.59. The van der Waals surface area contributed by atoms with E-state index in [0.29, 0.717) is 16.3 Å². The molecule has 92 valence electrons. The van der Waals surface area contributed by atoms with Crippen LogP contribution in [0.3, 0.4) is 0 Å². The van der Waals surface area contributed by atoms with Gasteiger partial charge in [-0.3, -0.25) is 4.79 Å². The smallest absolute Gasteiger partial charge is 0.251 e. The topological polar surface area (TPSA) is 55.1 Å². The van der Waals surface area contributed by atoms with Gasteiger partial charge in [0.1, 0.15) is 0 Å². The number of halogens is 1. The Morgan fingerprint density at radius 3 is 2.71 bits per heavy atom. The number of amides is 1. The summed E-state index contributed by atoms with van der Waals surface area (Å²) in [5.41, 5.74) is 6.71. The summed E-state index contributed by atoms with van der Waals surface area (Å²) in [6.07, 6.45) is 4.30. The van der Waals surface area contributed by atoms with Crippen molar-refractivity contribution in [2.24, 2.45) is 0 Å². The largest absolute Gasteiger partial charge is 0.398 e. The Labute approximate surface area is 106 Å². The Balaban J connectivity index is 2.11. The van der Waals surface area contributed by atoms with Crippen LogP contribution in [0.2, 0.25) is 5.02 Å². The van der Waals surface area contributed by atoms with Crippen LogP contribution in [-0.4, -0.2) is 11.4 Å². The predicted molar refractivity (Wildman–Crippen MR) is 70.2 cm³/mol. The van der Waals surface area contributed by atoms with E-state index < -0.39 is 0 Å². The van der Waals surface area contributed by atoms with Crippen LogP contribution >= 0.6 is 11.6 Å². The van der Waals surface area contributed by atoms with Gasteiger partial charge >= 0.3 is 0 Å². The number of hydrogen-bond acceptors (Lipinski definition) is 2. The zero-order valence-corrected chi connectivity index (χ0v) is 10.7. The van der Waals surface area contributed by atoms with Crippen molar-refractivity contribution in [3.05, 3.63) is 28.8 Å². The maximum absolute atomic E-state index is 12.1. The average Bonchev–Trinajstić information content (AvgIpc) is 2.27. The summed E-state index contributed by atoms with van der Waals surface area (Å²) in [7, 11) is 0. The highest BCUT2D eigenvalue weighted by Gasteiger charge is 2.36. The number of carbonyl (C=O) groups excluding carboxylic acids is 1. The fourth-order valence-electron chi connectivity index (χ4n) is 2.17. The van der Waals surface area contributed by atoms with Gasteiger partial charge in [-0.2, -0.15) is 0 Å². The molecule has 1 aromatic carbocycles. The molecule has 3 N–H and O–H groups in total. The Hall–Kier alpha value is -1.22. The van der Waals surface area contributed by atoms with E-state index in [0.717, 1.165) is 19.3 Å². The quantitative estimate of drug-likeness (QED) is 0.813. The summed E-state index contributed by atoms with van der Waals surface area (Å²) >= 11 is 5.83. The van der Waals surface area contributed by atoms with Crippen LogP contribution in [0.1, 0.15) is 43.0 Å². The van der Waals surface area contributed by atoms with Crippen molar-refractivity contribution >= 4 is 23.2 Å². The molecule has 1 aliphatic rings. The number of hydrogen-bond donors (Lipinski definition) is 2. The minimum atomic E-state index is -0.0603. The number of rotatable bonds is 3. The van der Waals surface area contributed by atoms with Crippen LogP contribution < -0.4 is 11.1 Å². The van der Waals surface area contributed by atoms with Gasteiger partial charge in [-0.1, -0.05) is 18.5 Å². The molecule has 2 rings (SSSR count). The highest BCUT2D eigenvalue weighted by Crippen LogP contribution is 2.35. The number of carbonyl (C=O) groups is 1. The lowest BCUT2D eigenvalue weighted by Crippen LogP contribution is -2.52. The fourth-order valence-corrected chi connectivity index (χ4v) is 2.29. The van der Waals surface area contributed by atoms with Crippen molar-refractivity contribution in [2.45, 2.75) is 38.1 Å². The Morgan fingerprint density at radius 2 is 2.24 bits per heavy atom. The van der Waals surface area contributed by atoms with Crippen LogP contribution in [0.5, 0.6) is 0 Å². The number of benzene rings is 1. The van der Waals surface area contributed by atoms with E-state index in [4.69, 9.17) is 17.3 Å². The Kier molecular flexibility index (Phi) is 3.29. The lowest BCUT2D eigenvalue weighted by atomic mass is 9.74. The predicted octanol–water partition coefficient (Wildman–Crippen LogP) is 2.98. The molecule has 0 atom stereocenters. The molecule has 1 fully saturated rings. The van der Waals surface area contributed by atoms with E-state index in [1.54, 1.807) is 18.2 Å². The number of nitrogen functional groups attached to an aromatic ring is 1. The zero-order chi connectivity index (χ0) is 12.5. The second-order valence-corrected chi connectivity index (χ2v) is 5.09. The van der Waals surface area contributed by atoms with Crippen molar-refractivity contribution in [3.63, 3.8) is 0 Å². The molecule has 0 saturated heterocycles. The fraction of sp³-hybridized carbons (Fsp3) is 0.462. The van der Waals surface area contributed by atoms with Crippen LogP contribution in [0, 0.1) is 0 Å². The maximum atomic E-state index is 12.1. The highest BCUT2D eigenvalue weighted by molar-refractivity contribution is 6.33. The lowest BCUT2D eigenvalue weighted by Gasteiger charge is -2.42. The maximum Gasteiger partial charge on any atom is 0.251 e. The van der Waals surface area contributed by atoms with E-state index in [9.17, 15) is 4.79 Å². The number of nitrogens with one attached hydrogen (secondary N) is 1. The molecule has 3 nitrogen and oxygen atoms in total. The van der Waals surface area contributed by atoms with Crippen molar-refractivity contribution in [1.29, 1.82) is 0 Å². The summed E-state index contributed by atoms with van der Waals surface area (Å²) in [4.78, 5) is 12.1. The minimum Gasteiger partial charge on any atom is -0.398 e. The van der Waals surface area contributed by atoms with E-state index >= 15 is 0 Å². The van der Waals surface area contributed by atoms with E-state index in [2.05, 4.69) is 12.2 Å². The standard InChI is InChI=1S/C13H17ClN2O/c1-2-13(6-3-7-13)16-12(17)9-4-5-10(14)11(15)8-9/h4-5,8H,2-3,6-7,15H2,1H3,(H,16,17). The van der Waals surface area contributed by atoms with E-state index in [1.165, 1.54) is 6.42 Å². The van der Waals surface area contributed by atoms with Crippen molar-refractivity contribution in [2.75, 3.05) is 5.73 Å². The molecular formula is C13H17ClN2O. The second kappa shape index (κ2) is 4.57. The first-order valence-corrected chi connectivity index (χ1v) is 6.32. The highest BCUT2D eigenvalue weighted by atomic mass is 35.5. The molecule has 1 amide bonds. The lowest BCUT2D eigenvalue weighted by molar-refractivity contribution is 0.0820. The molecular weight excluding hydrogens is 236 g/mol. The molecule has 1 aromatic rings. The molecule has 1 saturated carbocycles. The van der Waals surface area contributed by atoms with Gasteiger partial charge in [0.15, 0.2) is 0 Å². The number of nitrogens with two attached hydrogens (primary N) is 1. The second-order valence-electron chi connectivity index (χ2n) is 4.68. The van der Waals surface area contributed by atoms with Crippen molar-refractivity contribution < 1.29 is 4.79 Å². The Morgan fingerprint density at radius 1 is 1.53 bits per heavy atom. The monoisotopic (exact) mass is 252 g/mol. The van der Waals surface area contributed by atoms with Gasteiger partial charge in [0.2, 0.25) is 0 Å². The van der Waals surface area contributed by atoms with Crippen LogP contribution in [0.25, 0.3) is 0 Å². The molecule has 1 aliphatic carbocycles. The third kappa shape index (κ3) is 2.39. The first kappa shape index (κ1) is 12.2. The first-order valence-electron chi connectivity index (χ1n) is 5.94. The van der Waals surface area contributed by atoms with Crippen LogP contribution in [-0.2, 0) is 0 Å². The van der Waals surface area contributed by atoms with Gasteiger partial charge < -0.3 is 11.1 Å². The summed E-state index contributed by atoms with van der Waals surface area (Å²) in [6, 6.07) is 4.99. The van der Waals surface area contributed by atoms with Crippen LogP contribution in [0.15, 0.2) is 18.2 Å². The molecule has 4 heteroatoms. The van der Waals surface area contributed by atoms with Gasteiger partial charge in [0, 0.05) is 11.1 Å². The molecule has 0 aliphatic heterocycles. The van der Waals surface area contributed by atoms with Gasteiger partial charge in [-0.05, 0) is 43.9 Å². The Bertz CT molecular complexity index is 436. The van der Waals surface area contributed by atoms with Gasteiger partial charge in [-0.25, -0.2) is 0 Å². The zero-order valence-electron chi connectivity index (χ0n) is 9.92. The first-order chi connectivity index (χ1) is 8.06. The molecule has 0 spiro atoms. The van der Waals surface area contributed by atoms with E-state index in [1.807, 2.05) is 0 Å². The molecule has 0 bridgehead atoms. The van der Waals surface area contributed by atoms with Gasteiger partial charge in [0.25, 0.3) is 5.91 Å². The average molecular weight is 253 g/mol. The summed E-state index contributed by atoms with van der Waals surface area (Å²) in [5.74, 6) is -0.0603. The SMILES string of the molecule is CCC1(NC(=O)c2ccc(Cl)c(N)c2)CCC1. The summed E-state index contributed by atoms with van der Waals surface area (Å²) < 4.78 is 0. The van der Waals surface area contributed by atoms with E-state index in [-0.39, 0.29) is 11.4 Å². The number of anilines is 1. The van der Waals surface area contributed by atoms with Crippen molar-refractivity contribution in [3.8, 4) is 0 Å². The van der Waals surface area contributed by atoms with Gasteiger partial charge in [0.05, 0.1) is 10.7 Å². The molecule has 0 aromatic heterocycles. The molecule has 0 unspecified atom stereocenters. The van der Waals surface area contributed by atoms with Crippen LogP contribution in [0.4, 0.5) is 5.69 Å². The normalized spacial score (nSPS) is 17.3. The third-order valence-electron chi connectivity index (χ3n) is 3.62. The molecule has 0 radical (unpaired) electrons. The summed E-state index contributed by atoms with van der Waals surface area (Å²) in [6.45, 7) is 2.11. The third-order valence-corrected chi connectivity index (χ3v) is 3.97. The minimum absolute atomic E-state index is 0.00544. The van der Waals surface area contributed by atoms with Gasteiger partial charge in [-0.15, -0.1) is 0 Å². The van der Waals surface area contributed by atoms with Crippen molar-refractivity contribution in [1.82, 2.24) is 5.32 Å². The molecule has 17 heavy (non-hydrogen) atoms.